The van der Waals surface area contributed by atoms with Crippen molar-refractivity contribution >= 4 is 21.1 Å². The lowest BCUT2D eigenvalue weighted by atomic mass is 9.78. The highest BCUT2D eigenvalue weighted by molar-refractivity contribution is 7.15. The first-order chi connectivity index (χ1) is 19.8. The molecule has 1 amide bonds. The first-order valence-electron chi connectivity index (χ1n) is 17.8. The standard InChI is InChI=1S/C24H47N2O2P.C11H24.C2H6/c1-19(14-12-10-8-9-11-13-15-20(2)27)21(3)25-18-23(4,5)16-17-24(6,7)22(28)26-29;1-3-5-7-9-11-10-8-6-4-2;1-2/h19,25H,3,8-18,29H2,1-2,4-7H3,(H,26,28);3-11H2,1-2H3;1-2H3. The van der Waals surface area contributed by atoms with Gasteiger partial charge < -0.3 is 15.2 Å². The van der Waals surface area contributed by atoms with Gasteiger partial charge in [0.25, 0.3) is 0 Å². The van der Waals surface area contributed by atoms with E-state index >= 15 is 0 Å². The molecular weight excluding hydrogens is 535 g/mol. The van der Waals surface area contributed by atoms with Gasteiger partial charge in [-0.25, -0.2) is 0 Å². The Bertz CT molecular complexity index is 638. The molecule has 0 radical (unpaired) electrons. The summed E-state index contributed by atoms with van der Waals surface area (Å²) >= 11 is 0. The molecule has 0 aromatic rings. The number of hydrogen-bond acceptors (Lipinski definition) is 3. The molecule has 4 nitrogen and oxygen atoms in total. The summed E-state index contributed by atoms with van der Waals surface area (Å²) in [5.74, 6) is 0.855. The molecule has 2 unspecified atom stereocenters. The molecule has 2 atom stereocenters. The number of ketones is 1. The molecule has 0 bridgehead atoms. The molecule has 252 valence electrons. The Morgan fingerprint density at radius 3 is 1.60 bits per heavy atom. The van der Waals surface area contributed by atoms with Crippen LogP contribution in [0.4, 0.5) is 0 Å². The second-order valence-electron chi connectivity index (χ2n) is 13.6. The number of Topliss-reactive ketones (excluding diaryl/α,β-unsaturated/α-hetero) is 1. The molecule has 0 spiro atoms. The van der Waals surface area contributed by atoms with E-state index in [1.807, 2.05) is 27.7 Å². The van der Waals surface area contributed by atoms with E-state index in [-0.39, 0.29) is 16.7 Å². The SMILES string of the molecule is C=C(NCC(C)(C)CCC(C)(C)C(=O)NP)C(C)CCCCCCCCC(C)=O.CC.CCCCCCCCCCC. The van der Waals surface area contributed by atoms with Crippen LogP contribution < -0.4 is 10.4 Å². The van der Waals surface area contributed by atoms with Crippen LogP contribution in [0.3, 0.4) is 0 Å². The van der Waals surface area contributed by atoms with Gasteiger partial charge in [-0.2, -0.15) is 0 Å². The minimum absolute atomic E-state index is 0.0724. The van der Waals surface area contributed by atoms with E-state index in [2.05, 4.69) is 61.0 Å². The van der Waals surface area contributed by atoms with Gasteiger partial charge in [-0.15, -0.1) is 0 Å². The fourth-order valence-corrected chi connectivity index (χ4v) is 5.06. The summed E-state index contributed by atoms with van der Waals surface area (Å²) < 4.78 is 0. The quantitative estimate of drug-likeness (QED) is 0.0796. The highest BCUT2D eigenvalue weighted by Crippen LogP contribution is 2.31. The Labute approximate surface area is 267 Å². The molecular formula is C37H77N2O2P. The third kappa shape index (κ3) is 30.6. The zero-order valence-electron chi connectivity index (χ0n) is 30.3. The summed E-state index contributed by atoms with van der Waals surface area (Å²) in [6.45, 7) is 26.1. The lowest BCUT2D eigenvalue weighted by molar-refractivity contribution is -0.128. The zero-order chi connectivity index (χ0) is 32.9. The monoisotopic (exact) mass is 613 g/mol. The van der Waals surface area contributed by atoms with E-state index < -0.39 is 0 Å². The van der Waals surface area contributed by atoms with Gasteiger partial charge in [-0.1, -0.05) is 159 Å². The Balaban J connectivity index is -0.000000976. The molecule has 0 aliphatic heterocycles. The van der Waals surface area contributed by atoms with E-state index in [9.17, 15) is 9.59 Å². The lowest BCUT2D eigenvalue weighted by Gasteiger charge is -2.31. The van der Waals surface area contributed by atoms with Crippen molar-refractivity contribution < 1.29 is 9.59 Å². The van der Waals surface area contributed by atoms with Crippen LogP contribution in [0.2, 0.25) is 0 Å². The maximum absolute atomic E-state index is 12.0. The Morgan fingerprint density at radius 1 is 0.738 bits per heavy atom. The number of hydrogen-bond donors (Lipinski definition) is 2. The Morgan fingerprint density at radius 2 is 1.17 bits per heavy atom. The predicted molar refractivity (Wildman–Crippen MR) is 193 cm³/mol. The van der Waals surface area contributed by atoms with Gasteiger partial charge in [-0.05, 0) is 53.3 Å². The van der Waals surface area contributed by atoms with Gasteiger partial charge in [0.2, 0.25) is 5.91 Å². The fourth-order valence-electron chi connectivity index (χ4n) is 4.66. The van der Waals surface area contributed by atoms with Crippen LogP contribution in [0.5, 0.6) is 0 Å². The smallest absolute Gasteiger partial charge is 0.228 e. The fraction of sp³-hybridized carbons (Fsp3) is 0.892. The van der Waals surface area contributed by atoms with Gasteiger partial charge in [0.1, 0.15) is 5.78 Å². The summed E-state index contributed by atoms with van der Waals surface area (Å²) in [6.07, 6.45) is 23.9. The third-order valence-electron chi connectivity index (χ3n) is 8.18. The number of carbonyl (C=O) groups is 2. The van der Waals surface area contributed by atoms with Gasteiger partial charge >= 0.3 is 0 Å². The normalized spacial score (nSPS) is 11.9. The average molecular weight is 613 g/mol. The number of allylic oxidation sites excluding steroid dienone is 1. The minimum Gasteiger partial charge on any atom is -0.388 e. The lowest BCUT2D eigenvalue weighted by Crippen LogP contribution is -2.35. The number of carbonyl (C=O) groups excluding carboxylic acids is 2. The summed E-state index contributed by atoms with van der Waals surface area (Å²) in [4.78, 5) is 22.9. The second-order valence-corrected chi connectivity index (χ2v) is 13.9. The van der Waals surface area contributed by atoms with Crippen molar-refractivity contribution in [1.82, 2.24) is 10.4 Å². The molecule has 0 fully saturated rings. The zero-order valence-corrected chi connectivity index (χ0v) is 31.5. The molecule has 5 heteroatoms. The van der Waals surface area contributed by atoms with Crippen molar-refractivity contribution in [3.05, 3.63) is 12.3 Å². The van der Waals surface area contributed by atoms with Crippen LogP contribution >= 0.6 is 9.39 Å². The largest absolute Gasteiger partial charge is 0.388 e. The summed E-state index contributed by atoms with van der Waals surface area (Å²) in [7, 11) is 2.30. The molecule has 0 aliphatic carbocycles. The van der Waals surface area contributed by atoms with Gasteiger partial charge in [0, 0.05) is 24.1 Å². The molecule has 0 aromatic carbocycles. The van der Waals surface area contributed by atoms with Crippen molar-refractivity contribution in [2.24, 2.45) is 16.7 Å². The van der Waals surface area contributed by atoms with Crippen LogP contribution in [0.15, 0.2) is 12.3 Å². The van der Waals surface area contributed by atoms with Crippen LogP contribution in [0.25, 0.3) is 0 Å². The van der Waals surface area contributed by atoms with Crippen LogP contribution in [-0.2, 0) is 9.59 Å². The van der Waals surface area contributed by atoms with Crippen LogP contribution in [0.1, 0.15) is 191 Å². The Kier molecular flexibility index (Phi) is 32.7. The topological polar surface area (TPSA) is 58.2 Å². The van der Waals surface area contributed by atoms with Crippen LogP contribution in [-0.4, -0.2) is 18.2 Å². The minimum atomic E-state index is -0.352. The van der Waals surface area contributed by atoms with Crippen molar-refractivity contribution in [3.8, 4) is 0 Å². The molecule has 2 N–H and O–H groups in total. The van der Waals surface area contributed by atoms with Crippen molar-refractivity contribution in [2.45, 2.75) is 191 Å². The predicted octanol–water partition coefficient (Wildman–Crippen LogP) is 11.7. The third-order valence-corrected chi connectivity index (χ3v) is 8.45. The number of rotatable bonds is 25. The van der Waals surface area contributed by atoms with Crippen LogP contribution in [0, 0.1) is 16.7 Å². The molecule has 0 rings (SSSR count). The van der Waals surface area contributed by atoms with E-state index in [0.29, 0.717) is 11.7 Å². The highest BCUT2D eigenvalue weighted by atomic mass is 31.0. The molecule has 0 heterocycles. The number of nitrogens with one attached hydrogen (secondary N) is 2. The number of amides is 1. The van der Waals surface area contributed by atoms with Gasteiger partial charge in [-0.3, -0.25) is 4.79 Å². The van der Waals surface area contributed by atoms with Crippen molar-refractivity contribution in [2.75, 3.05) is 6.54 Å². The molecule has 0 saturated heterocycles. The van der Waals surface area contributed by atoms with E-state index in [1.54, 1.807) is 6.92 Å². The first-order valence-corrected chi connectivity index (χ1v) is 18.3. The molecule has 42 heavy (non-hydrogen) atoms. The van der Waals surface area contributed by atoms with E-state index in [1.165, 1.54) is 96.3 Å². The highest BCUT2D eigenvalue weighted by Gasteiger charge is 2.30. The molecule has 0 saturated carbocycles. The maximum atomic E-state index is 12.0. The molecule has 0 aliphatic rings. The average Bonchev–Trinajstić information content (AvgIpc) is 2.96. The Hall–Kier alpha value is -0.890. The summed E-state index contributed by atoms with van der Waals surface area (Å²) in [6, 6.07) is 0. The van der Waals surface area contributed by atoms with E-state index in [4.69, 9.17) is 0 Å². The second kappa shape index (κ2) is 30.1. The first kappa shape index (κ1) is 45.5. The van der Waals surface area contributed by atoms with Crippen molar-refractivity contribution in [1.29, 1.82) is 0 Å². The number of unbranched alkanes of at least 4 members (excludes halogenated alkanes) is 13. The maximum Gasteiger partial charge on any atom is 0.228 e. The van der Waals surface area contributed by atoms with Crippen molar-refractivity contribution in [3.63, 3.8) is 0 Å². The van der Waals surface area contributed by atoms with Gasteiger partial charge in [0.05, 0.1) is 0 Å². The summed E-state index contributed by atoms with van der Waals surface area (Å²) in [5.41, 5.74) is 0.887. The van der Waals surface area contributed by atoms with E-state index in [0.717, 1.165) is 37.9 Å². The summed E-state index contributed by atoms with van der Waals surface area (Å²) in [5, 5.41) is 6.23. The molecule has 0 aromatic heterocycles. The van der Waals surface area contributed by atoms with Gasteiger partial charge in [0.15, 0.2) is 0 Å².